The van der Waals surface area contributed by atoms with Gasteiger partial charge in [0.25, 0.3) is 0 Å². The Hall–Kier alpha value is -1.07. The highest BCUT2D eigenvalue weighted by Gasteiger charge is 2.10. The lowest BCUT2D eigenvalue weighted by Crippen LogP contribution is -2.08. The molecule has 0 atom stereocenters. The molecule has 0 fully saturated rings. The third kappa shape index (κ3) is 3.99. The molecule has 0 aliphatic carbocycles. The Bertz CT molecular complexity index is 438. The smallest absolute Gasteiger partial charge is 0.163 e. The molecule has 2 rings (SSSR count). The summed E-state index contributed by atoms with van der Waals surface area (Å²) in [6.07, 6.45) is 0.0364. The van der Waals surface area contributed by atoms with Crippen molar-refractivity contribution in [2.24, 2.45) is 4.99 Å². The van der Waals surface area contributed by atoms with Crippen molar-refractivity contribution in [3.8, 4) is 11.5 Å². The maximum Gasteiger partial charge on any atom is 0.163 e. The number of thioether (sulfide) groups is 1. The fourth-order valence-electron chi connectivity index (χ4n) is 1.47. The van der Waals surface area contributed by atoms with E-state index in [1.807, 2.05) is 19.9 Å². The predicted octanol–water partition coefficient (Wildman–Crippen LogP) is 3.12. The third-order valence-corrected chi connectivity index (χ3v) is 3.05. The van der Waals surface area contributed by atoms with Gasteiger partial charge in [0.05, 0.1) is 12.6 Å². The van der Waals surface area contributed by atoms with Gasteiger partial charge in [-0.3, -0.25) is 4.99 Å². The number of hydrogen-bond acceptors (Lipinski definition) is 5. The van der Waals surface area contributed by atoms with Gasteiger partial charge in [0.1, 0.15) is 0 Å². The Balaban J connectivity index is 0.00000162. The van der Waals surface area contributed by atoms with Crippen molar-refractivity contribution < 1.29 is 9.84 Å². The quantitative estimate of drug-likeness (QED) is 0.839. The summed E-state index contributed by atoms with van der Waals surface area (Å²) in [4.78, 5) is 4.31. The number of halogens is 1. The van der Waals surface area contributed by atoms with Crippen molar-refractivity contribution in [3.05, 3.63) is 18.2 Å². The SMILES string of the molecule is CC(C)Oc1cc(NC2=NCCS2)ccc1O.Cl. The van der Waals surface area contributed by atoms with Crippen LogP contribution in [0, 0.1) is 0 Å². The van der Waals surface area contributed by atoms with E-state index in [0.717, 1.165) is 23.2 Å². The molecule has 0 unspecified atom stereocenters. The van der Waals surface area contributed by atoms with E-state index < -0.39 is 0 Å². The van der Waals surface area contributed by atoms with E-state index in [2.05, 4.69) is 10.3 Å². The van der Waals surface area contributed by atoms with Gasteiger partial charge in [-0.2, -0.15) is 0 Å². The molecule has 18 heavy (non-hydrogen) atoms. The summed E-state index contributed by atoms with van der Waals surface area (Å²) < 4.78 is 5.51. The second kappa shape index (κ2) is 6.75. The normalized spacial score (nSPS) is 14.1. The van der Waals surface area contributed by atoms with E-state index in [1.54, 1.807) is 23.9 Å². The van der Waals surface area contributed by atoms with Gasteiger partial charge in [0.15, 0.2) is 16.7 Å². The molecule has 0 saturated carbocycles. The van der Waals surface area contributed by atoms with Gasteiger partial charge >= 0.3 is 0 Å². The number of rotatable bonds is 3. The van der Waals surface area contributed by atoms with Gasteiger partial charge < -0.3 is 15.2 Å². The number of hydrogen-bond donors (Lipinski definition) is 2. The molecule has 6 heteroatoms. The standard InChI is InChI=1S/C12H16N2O2S.ClH/c1-8(2)16-11-7-9(3-4-10(11)15)14-12-13-5-6-17-12;/h3-4,7-8,15H,5-6H2,1-2H3,(H,13,14);1H. The van der Waals surface area contributed by atoms with Gasteiger partial charge in [-0.15, -0.1) is 12.4 Å². The van der Waals surface area contributed by atoms with Crippen LogP contribution in [0.15, 0.2) is 23.2 Å². The summed E-state index contributed by atoms with van der Waals surface area (Å²) in [5.74, 6) is 1.68. The number of ether oxygens (including phenoxy) is 1. The van der Waals surface area contributed by atoms with E-state index in [0.29, 0.717) is 5.75 Å². The molecule has 1 aromatic carbocycles. The monoisotopic (exact) mass is 288 g/mol. The highest BCUT2D eigenvalue weighted by molar-refractivity contribution is 8.14. The van der Waals surface area contributed by atoms with Crippen LogP contribution >= 0.6 is 24.2 Å². The average Bonchev–Trinajstić information content (AvgIpc) is 2.75. The second-order valence-electron chi connectivity index (χ2n) is 4.01. The number of benzene rings is 1. The van der Waals surface area contributed by atoms with Crippen molar-refractivity contribution >= 4 is 35.0 Å². The Kier molecular flexibility index (Phi) is 5.62. The van der Waals surface area contributed by atoms with E-state index in [-0.39, 0.29) is 24.3 Å². The van der Waals surface area contributed by atoms with Crippen LogP contribution < -0.4 is 10.1 Å². The topological polar surface area (TPSA) is 53.8 Å². The maximum atomic E-state index is 9.66. The first kappa shape index (κ1) is 15.0. The van der Waals surface area contributed by atoms with Gasteiger partial charge in [-0.1, -0.05) is 11.8 Å². The molecule has 0 spiro atoms. The molecule has 1 aromatic rings. The number of nitrogens with one attached hydrogen (secondary N) is 1. The minimum atomic E-state index is 0. The van der Waals surface area contributed by atoms with Crippen molar-refractivity contribution in [1.29, 1.82) is 0 Å². The van der Waals surface area contributed by atoms with Gasteiger partial charge in [0.2, 0.25) is 0 Å². The van der Waals surface area contributed by atoms with Crippen LogP contribution in [-0.2, 0) is 0 Å². The lowest BCUT2D eigenvalue weighted by Gasteiger charge is -2.13. The maximum absolute atomic E-state index is 9.66. The summed E-state index contributed by atoms with van der Waals surface area (Å²) >= 11 is 1.70. The molecule has 1 aliphatic heterocycles. The minimum absolute atomic E-state index is 0. The highest BCUT2D eigenvalue weighted by atomic mass is 35.5. The summed E-state index contributed by atoms with van der Waals surface area (Å²) in [6, 6.07) is 5.22. The zero-order valence-electron chi connectivity index (χ0n) is 10.3. The van der Waals surface area contributed by atoms with Crippen molar-refractivity contribution in [2.45, 2.75) is 20.0 Å². The molecule has 0 amide bonds. The van der Waals surface area contributed by atoms with Crippen LogP contribution in [0.2, 0.25) is 0 Å². The van der Waals surface area contributed by atoms with Crippen LogP contribution in [0.3, 0.4) is 0 Å². The van der Waals surface area contributed by atoms with Crippen LogP contribution in [0.25, 0.3) is 0 Å². The van der Waals surface area contributed by atoms with Crippen molar-refractivity contribution in [3.63, 3.8) is 0 Å². The molecular formula is C12H17ClN2O2S. The van der Waals surface area contributed by atoms with E-state index >= 15 is 0 Å². The molecule has 4 nitrogen and oxygen atoms in total. The van der Waals surface area contributed by atoms with Crippen LogP contribution in [-0.4, -0.2) is 28.7 Å². The first-order valence-corrected chi connectivity index (χ1v) is 6.57. The lowest BCUT2D eigenvalue weighted by atomic mass is 10.2. The molecule has 100 valence electrons. The lowest BCUT2D eigenvalue weighted by molar-refractivity contribution is 0.232. The first-order chi connectivity index (χ1) is 8.15. The Labute approximate surface area is 117 Å². The number of aromatic hydroxyl groups is 1. The second-order valence-corrected chi connectivity index (χ2v) is 5.09. The number of nitrogens with zero attached hydrogens (tertiary/aromatic N) is 1. The summed E-state index contributed by atoms with van der Waals surface area (Å²) in [5, 5.41) is 13.8. The van der Waals surface area contributed by atoms with Gasteiger partial charge in [-0.05, 0) is 26.0 Å². The zero-order valence-corrected chi connectivity index (χ0v) is 12.0. The first-order valence-electron chi connectivity index (χ1n) is 5.59. The fraction of sp³-hybridized carbons (Fsp3) is 0.417. The average molecular weight is 289 g/mol. The Morgan fingerprint density at radius 2 is 2.22 bits per heavy atom. The van der Waals surface area contributed by atoms with Crippen LogP contribution in [0.4, 0.5) is 5.69 Å². The summed E-state index contributed by atoms with van der Waals surface area (Å²) in [7, 11) is 0. The van der Waals surface area contributed by atoms with Crippen LogP contribution in [0.1, 0.15) is 13.8 Å². The number of anilines is 1. The molecule has 0 aromatic heterocycles. The van der Waals surface area contributed by atoms with Crippen LogP contribution in [0.5, 0.6) is 11.5 Å². The largest absolute Gasteiger partial charge is 0.504 e. The third-order valence-electron chi connectivity index (χ3n) is 2.16. The predicted molar refractivity (Wildman–Crippen MR) is 79.5 cm³/mol. The van der Waals surface area contributed by atoms with E-state index in [4.69, 9.17) is 4.74 Å². The van der Waals surface area contributed by atoms with Crippen molar-refractivity contribution in [2.75, 3.05) is 17.6 Å². The van der Waals surface area contributed by atoms with E-state index in [1.165, 1.54) is 0 Å². The molecule has 1 heterocycles. The fourth-order valence-corrected chi connectivity index (χ4v) is 2.22. The molecule has 0 bridgehead atoms. The summed E-state index contributed by atoms with van der Waals surface area (Å²) in [5.41, 5.74) is 0.881. The van der Waals surface area contributed by atoms with Gasteiger partial charge in [0, 0.05) is 17.5 Å². The molecular weight excluding hydrogens is 272 g/mol. The zero-order chi connectivity index (χ0) is 12.3. The molecule has 0 saturated heterocycles. The van der Waals surface area contributed by atoms with Crippen molar-refractivity contribution in [1.82, 2.24) is 0 Å². The highest BCUT2D eigenvalue weighted by Crippen LogP contribution is 2.30. The molecule has 1 aliphatic rings. The van der Waals surface area contributed by atoms with Gasteiger partial charge in [-0.25, -0.2) is 0 Å². The molecule has 2 N–H and O–H groups in total. The minimum Gasteiger partial charge on any atom is -0.504 e. The number of phenolic OH excluding ortho intramolecular Hbond substituents is 1. The number of amidine groups is 1. The number of aliphatic imine (C=N–C) groups is 1. The Morgan fingerprint density at radius 1 is 1.44 bits per heavy atom. The number of phenols is 1. The summed E-state index contributed by atoms with van der Waals surface area (Å²) in [6.45, 7) is 4.72. The Morgan fingerprint density at radius 3 is 2.83 bits per heavy atom. The molecule has 0 radical (unpaired) electrons. The van der Waals surface area contributed by atoms with E-state index in [9.17, 15) is 5.11 Å².